The van der Waals surface area contributed by atoms with Gasteiger partial charge in [0.05, 0.1) is 6.72 Å². The Morgan fingerprint density at radius 3 is 3.08 bits per heavy atom. The van der Waals surface area contributed by atoms with Gasteiger partial charge in [0.1, 0.15) is 0 Å². The summed E-state index contributed by atoms with van der Waals surface area (Å²) in [5.41, 5.74) is -0.526. The molecule has 0 aliphatic carbocycles. The third kappa shape index (κ3) is 0.835. The van der Waals surface area contributed by atoms with Gasteiger partial charge in [-0.3, -0.25) is 0 Å². The highest BCUT2D eigenvalue weighted by atomic mass is 16.4. The largest absolute Gasteiger partial charge is 0.529 e. The van der Waals surface area contributed by atoms with Crippen LogP contribution in [0.2, 0.25) is 0 Å². The van der Waals surface area contributed by atoms with E-state index >= 15 is 0 Å². The molecular weight excluding hydrogens is 176 g/mol. The predicted octanol–water partition coefficient (Wildman–Crippen LogP) is -1.63. The van der Waals surface area contributed by atoms with Crippen LogP contribution in [-0.4, -0.2) is 25.6 Å². The second kappa shape index (κ2) is 2.16. The van der Waals surface area contributed by atoms with Gasteiger partial charge in [-0.2, -0.15) is 9.89 Å². The number of aromatic nitrogens is 4. The second-order valence-corrected chi connectivity index (χ2v) is 2.44. The van der Waals surface area contributed by atoms with Crippen LogP contribution in [0, 0.1) is 6.72 Å². The highest BCUT2D eigenvalue weighted by Crippen LogP contribution is 2.00. The standard InChI is InChI=1S/C6H4N4O3/c1-9-6(13)10-2-7-3(5(11)12)4(10)8-9/h2,8H,1H2/p+1. The molecule has 2 rings (SSSR count). The van der Waals surface area contributed by atoms with Gasteiger partial charge in [-0.05, 0) is 0 Å². The van der Waals surface area contributed by atoms with Crippen LogP contribution >= 0.6 is 0 Å². The van der Waals surface area contributed by atoms with Crippen LogP contribution < -0.4 is 10.0 Å². The Morgan fingerprint density at radius 2 is 2.46 bits per heavy atom. The molecule has 0 spiro atoms. The van der Waals surface area contributed by atoms with Crippen molar-refractivity contribution in [1.82, 2.24) is 14.5 Å². The molecule has 0 fully saturated rings. The van der Waals surface area contributed by atoms with Gasteiger partial charge in [0.15, 0.2) is 6.33 Å². The van der Waals surface area contributed by atoms with E-state index in [2.05, 4.69) is 16.8 Å². The zero-order chi connectivity index (χ0) is 9.59. The minimum Gasteiger partial charge on any atom is -0.476 e. The lowest BCUT2D eigenvalue weighted by Crippen LogP contribution is -2.35. The zero-order valence-corrected chi connectivity index (χ0v) is 6.39. The summed E-state index contributed by atoms with van der Waals surface area (Å²) in [5.74, 6) is -1.19. The Bertz CT molecular complexity index is 581. The molecule has 66 valence electrons. The average Bonchev–Trinajstić information content (AvgIpc) is 2.55. The zero-order valence-electron chi connectivity index (χ0n) is 6.39. The van der Waals surface area contributed by atoms with Crippen LogP contribution in [0.15, 0.2) is 11.1 Å². The van der Waals surface area contributed by atoms with Gasteiger partial charge >= 0.3 is 11.7 Å². The van der Waals surface area contributed by atoms with Crippen molar-refractivity contribution in [1.29, 1.82) is 0 Å². The number of carboxylic acids is 1. The number of fused-ring (bicyclic) bond motifs is 1. The van der Waals surface area contributed by atoms with E-state index in [-0.39, 0.29) is 11.3 Å². The maximum absolute atomic E-state index is 11.2. The summed E-state index contributed by atoms with van der Waals surface area (Å²) in [7, 11) is 0. The quantitative estimate of drug-likeness (QED) is 0.516. The number of hydrogen-bond donors (Lipinski definition) is 2. The van der Waals surface area contributed by atoms with E-state index in [1.807, 2.05) is 0 Å². The first-order valence-corrected chi connectivity index (χ1v) is 3.33. The third-order valence-electron chi connectivity index (χ3n) is 1.65. The van der Waals surface area contributed by atoms with E-state index in [1.54, 1.807) is 0 Å². The van der Waals surface area contributed by atoms with Crippen molar-refractivity contribution in [2.24, 2.45) is 0 Å². The molecule has 0 bridgehead atoms. The lowest BCUT2D eigenvalue weighted by molar-refractivity contribution is -0.578. The van der Waals surface area contributed by atoms with Gasteiger partial charge in [-0.15, -0.1) is 4.40 Å². The molecule has 0 aliphatic heterocycles. The fourth-order valence-corrected chi connectivity index (χ4v) is 1.06. The highest BCUT2D eigenvalue weighted by molar-refractivity contribution is 5.91. The smallest absolute Gasteiger partial charge is 0.476 e. The summed E-state index contributed by atoms with van der Waals surface area (Å²) in [5, 5.41) is 11.1. The number of rotatable bonds is 1. The Hall–Kier alpha value is -2.18. The van der Waals surface area contributed by atoms with E-state index in [4.69, 9.17) is 5.11 Å². The molecule has 7 nitrogen and oxygen atoms in total. The van der Waals surface area contributed by atoms with Crippen molar-refractivity contribution in [3.8, 4) is 0 Å². The number of carboxylic acid groups (broad SMARTS) is 1. The van der Waals surface area contributed by atoms with Gasteiger partial charge < -0.3 is 5.11 Å². The Kier molecular flexibility index (Phi) is 1.24. The van der Waals surface area contributed by atoms with E-state index in [0.717, 1.165) is 15.1 Å². The summed E-state index contributed by atoms with van der Waals surface area (Å²) in [6, 6.07) is 0. The van der Waals surface area contributed by atoms with Gasteiger partial charge in [-0.1, -0.05) is 4.36 Å². The molecule has 0 amide bonds. The topological polar surface area (TPSA) is 93.4 Å². The number of imidazole rings is 1. The van der Waals surface area contributed by atoms with Gasteiger partial charge in [0.25, 0.3) is 5.65 Å². The molecule has 0 unspecified atom stereocenters. The third-order valence-corrected chi connectivity index (χ3v) is 1.65. The predicted molar refractivity (Wildman–Crippen MR) is 39.3 cm³/mol. The molecule has 13 heavy (non-hydrogen) atoms. The summed E-state index contributed by atoms with van der Waals surface area (Å²) in [6.45, 7) is 3.34. The van der Waals surface area contributed by atoms with E-state index < -0.39 is 11.7 Å². The van der Waals surface area contributed by atoms with E-state index in [0.29, 0.717) is 0 Å². The van der Waals surface area contributed by atoms with Crippen LogP contribution in [0.5, 0.6) is 0 Å². The van der Waals surface area contributed by atoms with Crippen LogP contribution in [0.25, 0.3) is 5.65 Å². The minimum atomic E-state index is -1.19. The van der Waals surface area contributed by atoms with Crippen LogP contribution in [0.1, 0.15) is 10.5 Å². The first-order valence-electron chi connectivity index (χ1n) is 3.33. The molecule has 0 radical (unpaired) electrons. The molecule has 0 aliphatic rings. The number of H-pyrrole nitrogens is 1. The molecule has 2 aromatic rings. The summed E-state index contributed by atoms with van der Waals surface area (Å²) in [6.07, 6.45) is 1.14. The Balaban J connectivity index is 2.98. The molecule has 2 aromatic heterocycles. The van der Waals surface area contributed by atoms with E-state index in [1.165, 1.54) is 0 Å². The number of aromatic amines is 1. The van der Waals surface area contributed by atoms with Crippen LogP contribution in [0.3, 0.4) is 0 Å². The van der Waals surface area contributed by atoms with Gasteiger partial charge in [-0.25, -0.2) is 9.78 Å². The van der Waals surface area contributed by atoms with Crippen molar-refractivity contribution >= 4 is 11.6 Å². The Labute approximate surface area is 70.6 Å². The number of nitrogens with one attached hydrogen (secondary N) is 1. The fourth-order valence-electron chi connectivity index (χ4n) is 1.06. The van der Waals surface area contributed by atoms with Gasteiger partial charge in [0.2, 0.25) is 5.69 Å². The first kappa shape index (κ1) is 7.47. The SMILES string of the molecule is C=[n+]1[nH]c2c(C(=O)O)ncn2c1=O. The molecule has 0 saturated heterocycles. The maximum Gasteiger partial charge on any atom is 0.529 e. The number of aromatic carboxylic acids is 1. The summed E-state index contributed by atoms with van der Waals surface area (Å²) >= 11 is 0. The lowest BCUT2D eigenvalue weighted by atomic mass is 10.5. The molecule has 7 heteroatoms. The van der Waals surface area contributed by atoms with Crippen molar-refractivity contribution in [2.45, 2.75) is 0 Å². The minimum absolute atomic E-state index is 0.132. The number of nitrogens with zero attached hydrogens (tertiary/aromatic N) is 3. The molecule has 0 aromatic carbocycles. The second-order valence-electron chi connectivity index (χ2n) is 2.44. The fraction of sp³-hybridized carbons (Fsp3) is 0. The van der Waals surface area contributed by atoms with Crippen LogP contribution in [0.4, 0.5) is 0 Å². The molecular formula is C6H5N4O3+. The summed E-state index contributed by atoms with van der Waals surface area (Å²) in [4.78, 5) is 25.3. The van der Waals surface area contributed by atoms with E-state index in [9.17, 15) is 9.59 Å². The first-order chi connectivity index (χ1) is 6.11. The molecule has 2 N–H and O–H groups in total. The van der Waals surface area contributed by atoms with Gasteiger partial charge in [0, 0.05) is 0 Å². The average molecular weight is 181 g/mol. The van der Waals surface area contributed by atoms with Crippen molar-refractivity contribution in [3.63, 3.8) is 0 Å². The van der Waals surface area contributed by atoms with Crippen molar-refractivity contribution in [3.05, 3.63) is 29.2 Å². The molecule has 0 atom stereocenters. The monoisotopic (exact) mass is 181 g/mol. The summed E-state index contributed by atoms with van der Waals surface area (Å²) < 4.78 is 2.01. The molecule has 2 heterocycles. The lowest BCUT2D eigenvalue weighted by Gasteiger charge is -1.78. The maximum atomic E-state index is 11.2. The highest BCUT2D eigenvalue weighted by Gasteiger charge is 2.21. The number of hydrogen-bond acceptors (Lipinski definition) is 3. The van der Waals surface area contributed by atoms with Crippen LogP contribution in [-0.2, 0) is 0 Å². The number of carbonyl (C=O) groups is 1. The molecule has 0 saturated carbocycles. The normalized spacial score (nSPS) is 10.8. The Morgan fingerprint density at radius 1 is 1.77 bits per heavy atom. The van der Waals surface area contributed by atoms with Crippen molar-refractivity contribution < 1.29 is 14.3 Å². The van der Waals surface area contributed by atoms with Crippen molar-refractivity contribution in [2.75, 3.05) is 0 Å².